The number of esters is 1. The van der Waals surface area contributed by atoms with E-state index in [0.29, 0.717) is 23.6 Å². The zero-order chi connectivity index (χ0) is 47.2. The average Bonchev–Trinajstić information content (AvgIpc) is 3.99. The second-order valence-corrected chi connectivity index (χ2v) is 17.7. The van der Waals surface area contributed by atoms with Crippen molar-refractivity contribution in [3.8, 4) is 11.5 Å². The number of ether oxygens (including phenoxy) is 3. The molecule has 2 heterocycles. The second kappa shape index (κ2) is 23.0. The Hall–Kier alpha value is -6.67. The fourth-order valence-corrected chi connectivity index (χ4v) is 9.08. The quantitative estimate of drug-likeness (QED) is 0.0255. The van der Waals surface area contributed by atoms with Gasteiger partial charge in [0.25, 0.3) is 0 Å². The fourth-order valence-electron chi connectivity index (χ4n) is 7.48. The maximum absolute atomic E-state index is 15.5. The van der Waals surface area contributed by atoms with Crippen molar-refractivity contribution in [2.45, 2.75) is 85.7 Å². The molecule has 0 radical (unpaired) electrons. The number of carbonyl (C=O) groups excluding carboxylic acids is 2. The van der Waals surface area contributed by atoms with Crippen LogP contribution in [0.3, 0.4) is 0 Å². The number of rotatable bonds is 22. The summed E-state index contributed by atoms with van der Waals surface area (Å²) < 4.78 is 42.6. The summed E-state index contributed by atoms with van der Waals surface area (Å²) in [5, 5.41) is 28.1. The van der Waals surface area contributed by atoms with E-state index in [4.69, 9.17) is 23.3 Å². The van der Waals surface area contributed by atoms with Gasteiger partial charge in [-0.25, -0.2) is 14.2 Å². The Balaban J connectivity index is 1.33. The number of aliphatic hydroxyl groups is 1. The maximum Gasteiger partial charge on any atom is 0.417 e. The minimum atomic E-state index is -4.12. The van der Waals surface area contributed by atoms with Gasteiger partial charge in [0, 0.05) is 23.0 Å². The third-order valence-corrected chi connectivity index (χ3v) is 12.5. The molecule has 2 aromatic heterocycles. The lowest BCUT2D eigenvalue weighted by atomic mass is 9.97. The van der Waals surface area contributed by atoms with Crippen molar-refractivity contribution in [2.75, 3.05) is 20.1 Å². The molecule has 0 saturated heterocycles. The van der Waals surface area contributed by atoms with Crippen LogP contribution in [0.25, 0.3) is 21.8 Å². The Bertz CT molecular complexity index is 2690. The number of hydrogen-bond donors (Lipinski definition) is 3. The second-order valence-electron chi connectivity index (χ2n) is 15.8. The fraction of sp³-hybridized carbons (Fsp3) is 0.320. The van der Waals surface area contributed by atoms with Crippen LogP contribution in [-0.4, -0.2) is 85.6 Å². The lowest BCUT2D eigenvalue weighted by Gasteiger charge is -2.39. The molecule has 15 nitrogen and oxygen atoms in total. The smallest absolute Gasteiger partial charge is 0.417 e. The molecule has 3 N–H and O–H groups in total. The van der Waals surface area contributed by atoms with Gasteiger partial charge in [-0.2, -0.15) is 10.2 Å². The number of aromatic amines is 2. The van der Waals surface area contributed by atoms with Gasteiger partial charge in [-0.1, -0.05) is 55.5 Å². The van der Waals surface area contributed by atoms with Crippen molar-refractivity contribution in [2.24, 2.45) is 0 Å². The first-order chi connectivity index (χ1) is 31.8. The van der Waals surface area contributed by atoms with Crippen LogP contribution < -0.4 is 9.26 Å². The van der Waals surface area contributed by atoms with Gasteiger partial charge in [-0.15, -0.1) is 0 Å². The Morgan fingerprint density at radius 1 is 0.879 bits per heavy atom. The van der Waals surface area contributed by atoms with E-state index in [9.17, 15) is 14.5 Å². The number of hydrogen-bond acceptors (Lipinski definition) is 11. The summed E-state index contributed by atoms with van der Waals surface area (Å²) in [6, 6.07) is 23.3. The van der Waals surface area contributed by atoms with Gasteiger partial charge in [0.05, 0.1) is 62.1 Å². The van der Waals surface area contributed by atoms with E-state index < -0.39 is 38.2 Å². The van der Waals surface area contributed by atoms with E-state index in [-0.39, 0.29) is 32.1 Å². The lowest BCUT2D eigenvalue weighted by Crippen LogP contribution is -2.52. The normalized spacial score (nSPS) is 14.3. The van der Waals surface area contributed by atoms with E-state index in [1.165, 1.54) is 13.2 Å². The number of urea groups is 1. The van der Waals surface area contributed by atoms with Gasteiger partial charge >= 0.3 is 19.6 Å². The zero-order valence-corrected chi connectivity index (χ0v) is 39.4. The molecule has 348 valence electrons. The Kier molecular flexibility index (Phi) is 17.0. The van der Waals surface area contributed by atoms with Crippen LogP contribution in [0, 0.1) is 13.8 Å². The number of allylic oxidation sites excluding steroid dienone is 4. The van der Waals surface area contributed by atoms with Crippen molar-refractivity contribution in [1.82, 2.24) is 30.2 Å². The molecule has 0 aliphatic heterocycles. The molecule has 0 fully saturated rings. The third kappa shape index (κ3) is 12.6. The topological polar surface area (TPSA) is 181 Å². The first-order valence-corrected chi connectivity index (χ1v) is 23.6. The number of carbonyl (C=O) groups is 2. The number of para-hydroxylation sites is 1. The summed E-state index contributed by atoms with van der Waals surface area (Å²) in [6.07, 6.45) is 10.3. The molecule has 0 bridgehead atoms. The van der Waals surface area contributed by atoms with E-state index in [0.717, 1.165) is 49.6 Å². The molecule has 6 rings (SSSR count). The van der Waals surface area contributed by atoms with E-state index in [1.54, 1.807) is 54.4 Å². The minimum absolute atomic E-state index is 0.128. The number of nitrogens with zero attached hydrogens (tertiary/aromatic N) is 4. The molecule has 4 aromatic carbocycles. The number of fused-ring (bicyclic) bond motifs is 2. The number of H-pyrrole nitrogens is 2. The summed E-state index contributed by atoms with van der Waals surface area (Å²) in [4.78, 5) is 31.5. The summed E-state index contributed by atoms with van der Waals surface area (Å²) in [5.41, 5.74) is 6.32. The predicted octanol–water partition coefficient (Wildman–Crippen LogP) is 10.1. The molecule has 4 atom stereocenters. The molecule has 66 heavy (non-hydrogen) atoms. The van der Waals surface area contributed by atoms with Gasteiger partial charge in [0.1, 0.15) is 11.5 Å². The van der Waals surface area contributed by atoms with Crippen LogP contribution in [-0.2, 0) is 42.9 Å². The first kappa shape index (κ1) is 48.8. The Morgan fingerprint density at radius 2 is 1.50 bits per heavy atom. The van der Waals surface area contributed by atoms with Crippen molar-refractivity contribution >= 4 is 41.4 Å². The molecule has 6 aromatic rings. The third-order valence-electron chi connectivity index (χ3n) is 10.9. The number of amides is 2. The van der Waals surface area contributed by atoms with Crippen LogP contribution in [0.15, 0.2) is 128 Å². The highest BCUT2D eigenvalue weighted by Gasteiger charge is 2.36. The standard InChI is InChI=1S/C50H59N6O9P/c1-8-13-42(16-12-25-61-7)55(31-38-19-23-44-40(26-38)29-51-53-44)50(59)56(32-39-20-24-45-41(27-39)30-52-54-45)46(47(57)9-2)28-37-17-21-43(22-18-37)63-33-66(60,64-36(6)49(58)62-10-3)65-48-34(4)14-11-15-35(48)5/h8,11-27,29-30,36,46-47,57H,9-10,28,31-33H2,1-7H3,(H,51,53)(H,52,54)/b13-8-,25-12+,42-16+/t36?,46-,47?,66?/m1/s1. The van der Waals surface area contributed by atoms with E-state index >= 15 is 4.79 Å². The molecule has 0 aliphatic rings. The van der Waals surface area contributed by atoms with Gasteiger partial charge in [-0.05, 0) is 130 Å². The molecular formula is C50H59N6O9P. The number of nitrogens with one attached hydrogen (secondary N) is 2. The van der Waals surface area contributed by atoms with Gasteiger partial charge in [0.2, 0.25) is 6.35 Å². The molecule has 16 heteroatoms. The Labute approximate surface area is 385 Å². The van der Waals surface area contributed by atoms with Crippen molar-refractivity contribution in [3.63, 3.8) is 0 Å². The number of aliphatic hydroxyl groups excluding tert-OH is 1. The summed E-state index contributed by atoms with van der Waals surface area (Å²) >= 11 is 0. The number of methoxy groups -OCH3 is 1. The molecule has 0 aliphatic carbocycles. The highest BCUT2D eigenvalue weighted by Crippen LogP contribution is 2.51. The van der Waals surface area contributed by atoms with Crippen LogP contribution in [0.2, 0.25) is 0 Å². The van der Waals surface area contributed by atoms with Crippen LogP contribution in [0.5, 0.6) is 11.5 Å². The van der Waals surface area contributed by atoms with Gasteiger partial charge in [-0.3, -0.25) is 19.6 Å². The highest BCUT2D eigenvalue weighted by atomic mass is 31.2. The molecule has 0 spiro atoms. The summed E-state index contributed by atoms with van der Waals surface area (Å²) in [7, 11) is -2.56. The van der Waals surface area contributed by atoms with Crippen LogP contribution >= 0.6 is 7.60 Å². The molecular weight excluding hydrogens is 860 g/mol. The minimum Gasteiger partial charge on any atom is -0.504 e. The van der Waals surface area contributed by atoms with Crippen molar-refractivity contribution in [3.05, 3.63) is 155 Å². The van der Waals surface area contributed by atoms with Crippen LogP contribution in [0.4, 0.5) is 4.79 Å². The number of aromatic nitrogens is 4. The van der Waals surface area contributed by atoms with Gasteiger partial charge in [0.15, 0.2) is 6.10 Å². The SMILES string of the molecule is C\C=C/C(=C\C=C\OC)N(Cc1ccc2[nH]ncc2c1)C(=O)N(Cc1ccc2[nH]ncc2c1)[C@H](Cc1ccc(OCP(=O)(Oc2c(C)cccc2C)OC(C)C(=O)OCC)cc1)C(O)CC. The van der Waals surface area contributed by atoms with E-state index in [2.05, 4.69) is 20.4 Å². The van der Waals surface area contributed by atoms with E-state index in [1.807, 2.05) is 113 Å². The monoisotopic (exact) mass is 918 g/mol. The predicted molar refractivity (Wildman–Crippen MR) is 255 cm³/mol. The lowest BCUT2D eigenvalue weighted by molar-refractivity contribution is -0.150. The number of aryl methyl sites for hydroxylation is 2. The van der Waals surface area contributed by atoms with Crippen LogP contribution in [0.1, 0.15) is 61.9 Å². The maximum atomic E-state index is 15.5. The first-order valence-electron chi connectivity index (χ1n) is 21.9. The van der Waals surface area contributed by atoms with Gasteiger partial charge < -0.3 is 28.7 Å². The average molecular weight is 919 g/mol. The Morgan fingerprint density at radius 3 is 2.09 bits per heavy atom. The number of benzene rings is 4. The largest absolute Gasteiger partial charge is 0.504 e. The summed E-state index contributed by atoms with van der Waals surface area (Å²) in [5.74, 6) is 0.0513. The highest BCUT2D eigenvalue weighted by molar-refractivity contribution is 7.54. The summed E-state index contributed by atoms with van der Waals surface area (Å²) in [6.45, 7) is 11.0. The molecule has 0 saturated carbocycles. The zero-order valence-electron chi connectivity index (χ0n) is 38.5. The molecule has 2 amide bonds. The van der Waals surface area contributed by atoms with Crippen molar-refractivity contribution < 1.29 is 42.5 Å². The van der Waals surface area contributed by atoms with Crippen molar-refractivity contribution in [1.29, 1.82) is 0 Å². The molecule has 3 unspecified atom stereocenters.